The van der Waals surface area contributed by atoms with Gasteiger partial charge in [-0.3, -0.25) is 0 Å². The molecule has 0 aliphatic heterocycles. The summed E-state index contributed by atoms with van der Waals surface area (Å²) in [6.07, 6.45) is 0. The molecule has 10 heavy (non-hydrogen) atoms. The van der Waals surface area contributed by atoms with Crippen LogP contribution in [0, 0.1) is 0 Å². The lowest BCUT2D eigenvalue weighted by atomic mass is 10.2. The van der Waals surface area contributed by atoms with Crippen LogP contribution in [0.15, 0.2) is 24.3 Å². The number of hydrogen-bond acceptors (Lipinski definition) is 1. The molecule has 0 aliphatic carbocycles. The monoisotopic (exact) mass is 202 g/mol. The lowest BCUT2D eigenvalue weighted by molar-refractivity contribution is 0.475. The molecule has 1 rings (SSSR count). The van der Waals surface area contributed by atoms with Gasteiger partial charge in [0.25, 0.3) is 0 Å². The second-order valence-corrected chi connectivity index (χ2v) is 2.36. The first kappa shape index (κ1) is 9.50. The van der Waals surface area contributed by atoms with Gasteiger partial charge in [-0.25, -0.2) is 0 Å². The van der Waals surface area contributed by atoms with Gasteiger partial charge in [-0.15, -0.1) is 0 Å². The summed E-state index contributed by atoms with van der Waals surface area (Å²) in [6, 6.07) is 7.17. The van der Waals surface area contributed by atoms with Gasteiger partial charge in [0.1, 0.15) is 5.75 Å². The van der Waals surface area contributed by atoms with Gasteiger partial charge in [0, 0.05) is 5.33 Å². The van der Waals surface area contributed by atoms with Gasteiger partial charge in [0.15, 0.2) is 0 Å². The molecule has 0 amide bonds. The molecule has 0 saturated heterocycles. The van der Waals surface area contributed by atoms with E-state index in [1.54, 1.807) is 12.1 Å². The van der Waals surface area contributed by atoms with Crippen LogP contribution in [0.4, 0.5) is 0 Å². The standard InChI is InChI=1S/C7H7BrO.CH4/c8-5-6-2-1-3-7(9)4-6;/h1-4,9H,5H2;1H4. The Labute approximate surface area is 69.8 Å². The second-order valence-electron chi connectivity index (χ2n) is 1.80. The highest BCUT2D eigenvalue weighted by Gasteiger charge is 1.88. The van der Waals surface area contributed by atoms with Crippen LogP contribution in [0.1, 0.15) is 13.0 Å². The van der Waals surface area contributed by atoms with Crippen LogP contribution in [0.3, 0.4) is 0 Å². The van der Waals surface area contributed by atoms with Crippen molar-refractivity contribution in [2.45, 2.75) is 12.8 Å². The summed E-state index contributed by atoms with van der Waals surface area (Å²) in [6.45, 7) is 0. The van der Waals surface area contributed by atoms with Gasteiger partial charge in [0.05, 0.1) is 0 Å². The van der Waals surface area contributed by atoms with E-state index < -0.39 is 0 Å². The fourth-order valence-electron chi connectivity index (χ4n) is 0.640. The fourth-order valence-corrected chi connectivity index (χ4v) is 0.988. The van der Waals surface area contributed by atoms with Gasteiger partial charge in [-0.05, 0) is 17.7 Å². The summed E-state index contributed by atoms with van der Waals surface area (Å²) in [5, 5.41) is 9.72. The van der Waals surface area contributed by atoms with Crippen molar-refractivity contribution < 1.29 is 5.11 Å². The highest BCUT2D eigenvalue weighted by atomic mass is 79.9. The van der Waals surface area contributed by atoms with Crippen LogP contribution in [0.25, 0.3) is 0 Å². The lowest BCUT2D eigenvalue weighted by Crippen LogP contribution is -1.73. The second kappa shape index (κ2) is 4.34. The Morgan fingerprint density at radius 2 is 2.10 bits per heavy atom. The van der Waals surface area contributed by atoms with Gasteiger partial charge < -0.3 is 5.11 Å². The first-order chi connectivity index (χ1) is 4.33. The van der Waals surface area contributed by atoms with Crippen LogP contribution >= 0.6 is 15.9 Å². The first-order valence-electron chi connectivity index (χ1n) is 2.67. The summed E-state index contributed by atoms with van der Waals surface area (Å²) >= 11 is 3.28. The maximum Gasteiger partial charge on any atom is 0.115 e. The molecule has 0 aliphatic rings. The van der Waals surface area contributed by atoms with Crippen molar-refractivity contribution in [2.75, 3.05) is 0 Å². The predicted octanol–water partition coefficient (Wildman–Crippen LogP) is 2.92. The van der Waals surface area contributed by atoms with Gasteiger partial charge in [-0.1, -0.05) is 35.5 Å². The molecule has 0 aromatic heterocycles. The summed E-state index contributed by atoms with van der Waals surface area (Å²) in [5.74, 6) is 0.326. The van der Waals surface area contributed by atoms with Crippen LogP contribution < -0.4 is 0 Å². The molecule has 0 spiro atoms. The van der Waals surface area contributed by atoms with Crippen molar-refractivity contribution in [3.8, 4) is 5.75 Å². The predicted molar refractivity (Wildman–Crippen MR) is 47.5 cm³/mol. The summed E-state index contributed by atoms with van der Waals surface area (Å²) < 4.78 is 0. The van der Waals surface area contributed by atoms with E-state index in [1.165, 1.54) is 0 Å². The quantitative estimate of drug-likeness (QED) is 0.695. The fraction of sp³-hybridized carbons (Fsp3) is 0.250. The van der Waals surface area contributed by atoms with E-state index in [-0.39, 0.29) is 7.43 Å². The maximum absolute atomic E-state index is 8.92. The number of halogens is 1. The highest BCUT2D eigenvalue weighted by molar-refractivity contribution is 9.08. The van der Waals surface area contributed by atoms with Crippen molar-refractivity contribution in [2.24, 2.45) is 0 Å². The third-order valence-electron chi connectivity index (χ3n) is 1.06. The maximum atomic E-state index is 8.92. The number of phenolic OH excluding ortho intramolecular Hbond substituents is 1. The van der Waals surface area contributed by atoms with Gasteiger partial charge >= 0.3 is 0 Å². The normalized spacial score (nSPS) is 8.50. The SMILES string of the molecule is C.Oc1cccc(CBr)c1. The Bertz CT molecular complexity index is 198. The average molecular weight is 203 g/mol. The minimum absolute atomic E-state index is 0. The average Bonchev–Trinajstić information content (AvgIpc) is 1.88. The van der Waals surface area contributed by atoms with Crippen molar-refractivity contribution in [1.82, 2.24) is 0 Å². The molecule has 2 heteroatoms. The Kier molecular flexibility index (Phi) is 4.12. The Morgan fingerprint density at radius 3 is 2.50 bits per heavy atom. The third-order valence-corrected chi connectivity index (χ3v) is 1.71. The lowest BCUT2D eigenvalue weighted by Gasteiger charge is -1.93. The Balaban J connectivity index is 0.000000810. The molecule has 0 unspecified atom stereocenters. The molecular formula is C8H11BrO. The Hall–Kier alpha value is -0.500. The smallest absolute Gasteiger partial charge is 0.115 e. The van der Waals surface area contributed by atoms with E-state index in [0.717, 1.165) is 10.9 Å². The van der Waals surface area contributed by atoms with Crippen molar-refractivity contribution in [1.29, 1.82) is 0 Å². The zero-order chi connectivity index (χ0) is 6.69. The van der Waals surface area contributed by atoms with Crippen LogP contribution in [0.2, 0.25) is 0 Å². The number of alkyl halides is 1. The Morgan fingerprint density at radius 1 is 1.40 bits per heavy atom. The first-order valence-corrected chi connectivity index (χ1v) is 3.79. The number of aromatic hydroxyl groups is 1. The number of rotatable bonds is 1. The topological polar surface area (TPSA) is 20.2 Å². The van der Waals surface area contributed by atoms with Crippen molar-refractivity contribution in [3.63, 3.8) is 0 Å². The molecule has 1 N–H and O–H groups in total. The summed E-state index contributed by atoms with van der Waals surface area (Å²) in [5.41, 5.74) is 1.09. The van der Waals surface area contributed by atoms with Crippen LogP contribution in [-0.2, 0) is 5.33 Å². The molecule has 0 bridgehead atoms. The molecule has 0 saturated carbocycles. The van der Waals surface area contributed by atoms with E-state index in [4.69, 9.17) is 5.11 Å². The van der Waals surface area contributed by atoms with Crippen LogP contribution in [0.5, 0.6) is 5.75 Å². The van der Waals surface area contributed by atoms with Crippen LogP contribution in [-0.4, -0.2) is 5.11 Å². The van der Waals surface area contributed by atoms with E-state index in [1.807, 2.05) is 12.1 Å². The summed E-state index contributed by atoms with van der Waals surface area (Å²) in [7, 11) is 0. The molecule has 0 radical (unpaired) electrons. The number of phenols is 1. The minimum Gasteiger partial charge on any atom is -0.508 e. The zero-order valence-corrected chi connectivity index (χ0v) is 6.43. The number of hydrogen-bond donors (Lipinski definition) is 1. The zero-order valence-electron chi connectivity index (χ0n) is 4.84. The molecule has 0 heterocycles. The molecular weight excluding hydrogens is 192 g/mol. The summed E-state index contributed by atoms with van der Waals surface area (Å²) in [4.78, 5) is 0. The molecule has 1 nitrogen and oxygen atoms in total. The molecule has 1 aromatic rings. The van der Waals surface area contributed by atoms with Crippen molar-refractivity contribution >= 4 is 15.9 Å². The van der Waals surface area contributed by atoms with Crippen molar-refractivity contribution in [3.05, 3.63) is 29.8 Å². The van der Waals surface area contributed by atoms with Gasteiger partial charge in [0.2, 0.25) is 0 Å². The van der Waals surface area contributed by atoms with E-state index in [2.05, 4.69) is 15.9 Å². The molecule has 1 aromatic carbocycles. The van der Waals surface area contributed by atoms with E-state index >= 15 is 0 Å². The van der Waals surface area contributed by atoms with E-state index in [0.29, 0.717) is 5.75 Å². The molecule has 0 atom stereocenters. The largest absolute Gasteiger partial charge is 0.508 e. The highest BCUT2D eigenvalue weighted by Crippen LogP contribution is 2.12. The molecule has 56 valence electrons. The van der Waals surface area contributed by atoms with Gasteiger partial charge in [-0.2, -0.15) is 0 Å². The number of benzene rings is 1. The third kappa shape index (κ3) is 2.40. The molecule has 0 fully saturated rings. The minimum atomic E-state index is 0. The van der Waals surface area contributed by atoms with E-state index in [9.17, 15) is 0 Å².